The van der Waals surface area contributed by atoms with Crippen molar-refractivity contribution >= 4 is 11.3 Å². The standard InChI is InChI=1S/C18H26N2S/c1-5-18(6-2,15-10-8-7-9-11-15)17-20-16(13-21-17)12-19-14(3)4/h7-11,13-14,19H,5-6,12H2,1-4H3. The molecule has 0 fully saturated rings. The Labute approximate surface area is 132 Å². The quantitative estimate of drug-likeness (QED) is 0.798. The van der Waals surface area contributed by atoms with E-state index in [1.807, 2.05) is 0 Å². The highest BCUT2D eigenvalue weighted by Crippen LogP contribution is 2.40. The fraction of sp³-hybridized carbons (Fsp3) is 0.500. The summed E-state index contributed by atoms with van der Waals surface area (Å²) in [7, 11) is 0. The van der Waals surface area contributed by atoms with Crippen LogP contribution in [0.3, 0.4) is 0 Å². The maximum Gasteiger partial charge on any atom is 0.103 e. The van der Waals surface area contributed by atoms with E-state index in [1.54, 1.807) is 11.3 Å². The van der Waals surface area contributed by atoms with Gasteiger partial charge in [-0.2, -0.15) is 0 Å². The van der Waals surface area contributed by atoms with Crippen LogP contribution in [0.4, 0.5) is 0 Å². The van der Waals surface area contributed by atoms with Crippen LogP contribution >= 0.6 is 11.3 Å². The number of nitrogens with zero attached hydrogens (tertiary/aromatic N) is 1. The van der Waals surface area contributed by atoms with Crippen molar-refractivity contribution in [3.05, 3.63) is 52.0 Å². The van der Waals surface area contributed by atoms with Gasteiger partial charge in [0.2, 0.25) is 0 Å². The second-order valence-electron chi connectivity index (χ2n) is 5.83. The van der Waals surface area contributed by atoms with Crippen molar-refractivity contribution in [2.45, 2.75) is 58.5 Å². The summed E-state index contributed by atoms with van der Waals surface area (Å²) in [5.41, 5.74) is 2.60. The molecule has 3 heteroatoms. The second kappa shape index (κ2) is 7.19. The van der Waals surface area contributed by atoms with Crippen LogP contribution in [0.5, 0.6) is 0 Å². The molecule has 2 nitrogen and oxygen atoms in total. The molecule has 0 bridgehead atoms. The summed E-state index contributed by atoms with van der Waals surface area (Å²) < 4.78 is 0. The largest absolute Gasteiger partial charge is 0.309 e. The minimum atomic E-state index is 0.0575. The molecule has 0 radical (unpaired) electrons. The molecule has 0 saturated heterocycles. The van der Waals surface area contributed by atoms with Gasteiger partial charge in [0.25, 0.3) is 0 Å². The zero-order valence-corrected chi connectivity index (χ0v) is 14.3. The Bertz CT molecular complexity index is 541. The molecule has 0 aliphatic rings. The van der Waals surface area contributed by atoms with E-state index in [2.05, 4.69) is 68.7 Å². The Morgan fingerprint density at radius 3 is 2.38 bits per heavy atom. The number of rotatable bonds is 7. The molecule has 0 aliphatic heterocycles. The van der Waals surface area contributed by atoms with Crippen molar-refractivity contribution in [2.24, 2.45) is 0 Å². The predicted octanol–water partition coefficient (Wildman–Crippen LogP) is 4.75. The minimum Gasteiger partial charge on any atom is -0.309 e. The van der Waals surface area contributed by atoms with E-state index in [-0.39, 0.29) is 5.41 Å². The third-order valence-corrected chi connectivity index (χ3v) is 5.28. The van der Waals surface area contributed by atoms with Crippen molar-refractivity contribution in [3.8, 4) is 0 Å². The smallest absolute Gasteiger partial charge is 0.103 e. The molecule has 0 unspecified atom stereocenters. The van der Waals surface area contributed by atoms with Gasteiger partial charge >= 0.3 is 0 Å². The van der Waals surface area contributed by atoms with E-state index >= 15 is 0 Å². The molecular formula is C18H26N2S. The molecule has 1 aromatic heterocycles. The van der Waals surface area contributed by atoms with Gasteiger partial charge < -0.3 is 5.32 Å². The fourth-order valence-corrected chi connectivity index (χ4v) is 3.94. The fourth-order valence-electron chi connectivity index (χ4n) is 2.76. The average molecular weight is 302 g/mol. The molecule has 2 rings (SSSR count). The zero-order valence-electron chi connectivity index (χ0n) is 13.5. The first-order valence-corrected chi connectivity index (χ1v) is 8.74. The van der Waals surface area contributed by atoms with Crippen LogP contribution in [-0.4, -0.2) is 11.0 Å². The van der Waals surface area contributed by atoms with Crippen molar-refractivity contribution in [1.29, 1.82) is 0 Å². The summed E-state index contributed by atoms with van der Waals surface area (Å²) in [6, 6.07) is 11.3. The molecule has 2 aromatic rings. The first-order chi connectivity index (χ1) is 10.1. The highest BCUT2D eigenvalue weighted by atomic mass is 32.1. The van der Waals surface area contributed by atoms with Crippen molar-refractivity contribution in [3.63, 3.8) is 0 Å². The van der Waals surface area contributed by atoms with Gasteiger partial charge in [0.05, 0.1) is 5.69 Å². The molecular weight excluding hydrogens is 276 g/mol. The second-order valence-corrected chi connectivity index (χ2v) is 6.69. The molecule has 0 spiro atoms. The van der Waals surface area contributed by atoms with Gasteiger partial charge in [0.1, 0.15) is 5.01 Å². The Morgan fingerprint density at radius 1 is 1.14 bits per heavy atom. The Morgan fingerprint density at radius 2 is 1.81 bits per heavy atom. The van der Waals surface area contributed by atoms with Crippen molar-refractivity contribution in [1.82, 2.24) is 10.3 Å². The highest BCUT2D eigenvalue weighted by molar-refractivity contribution is 7.09. The normalized spacial score (nSPS) is 12.0. The lowest BCUT2D eigenvalue weighted by Gasteiger charge is -2.30. The zero-order chi connectivity index (χ0) is 15.3. The molecule has 114 valence electrons. The molecule has 0 saturated carbocycles. The highest BCUT2D eigenvalue weighted by Gasteiger charge is 2.33. The average Bonchev–Trinajstić information content (AvgIpc) is 2.98. The minimum absolute atomic E-state index is 0.0575. The Kier molecular flexibility index (Phi) is 5.54. The van der Waals surface area contributed by atoms with E-state index in [9.17, 15) is 0 Å². The molecule has 0 aliphatic carbocycles. The van der Waals surface area contributed by atoms with Crippen LogP contribution in [0.2, 0.25) is 0 Å². The van der Waals surface area contributed by atoms with Crippen LogP contribution in [-0.2, 0) is 12.0 Å². The summed E-state index contributed by atoms with van der Waals surface area (Å²) in [6.45, 7) is 9.72. The van der Waals surface area contributed by atoms with Gasteiger partial charge in [0, 0.05) is 23.4 Å². The van der Waals surface area contributed by atoms with Crippen LogP contribution in [0.1, 0.15) is 56.8 Å². The lowest BCUT2D eigenvalue weighted by Crippen LogP contribution is -2.26. The number of hydrogen-bond donors (Lipinski definition) is 1. The van der Waals surface area contributed by atoms with Crippen LogP contribution in [0.25, 0.3) is 0 Å². The summed E-state index contributed by atoms with van der Waals surface area (Å²) in [4.78, 5) is 4.93. The molecule has 1 N–H and O–H groups in total. The van der Waals surface area contributed by atoms with Gasteiger partial charge in [-0.05, 0) is 18.4 Å². The maximum atomic E-state index is 4.93. The first kappa shape index (κ1) is 16.2. The SMILES string of the molecule is CCC(CC)(c1ccccc1)c1nc(CNC(C)C)cs1. The Balaban J connectivity index is 2.31. The van der Waals surface area contributed by atoms with Gasteiger partial charge in [-0.1, -0.05) is 58.0 Å². The lowest BCUT2D eigenvalue weighted by molar-refractivity contribution is 0.473. The predicted molar refractivity (Wildman–Crippen MR) is 91.9 cm³/mol. The van der Waals surface area contributed by atoms with Gasteiger partial charge in [0.15, 0.2) is 0 Å². The molecule has 0 amide bonds. The summed E-state index contributed by atoms with van der Waals surface area (Å²) in [5, 5.41) is 6.90. The number of thiazole rings is 1. The van der Waals surface area contributed by atoms with Gasteiger partial charge in [-0.25, -0.2) is 4.98 Å². The van der Waals surface area contributed by atoms with E-state index < -0.39 is 0 Å². The summed E-state index contributed by atoms with van der Waals surface area (Å²) in [5.74, 6) is 0. The summed E-state index contributed by atoms with van der Waals surface area (Å²) in [6.07, 6.45) is 2.16. The molecule has 1 heterocycles. The maximum absolute atomic E-state index is 4.93. The van der Waals surface area contributed by atoms with Crippen molar-refractivity contribution in [2.75, 3.05) is 0 Å². The molecule has 0 atom stereocenters. The molecule has 21 heavy (non-hydrogen) atoms. The monoisotopic (exact) mass is 302 g/mol. The third kappa shape index (κ3) is 3.53. The van der Waals surface area contributed by atoms with Gasteiger partial charge in [-0.3, -0.25) is 0 Å². The topological polar surface area (TPSA) is 24.9 Å². The Hall–Kier alpha value is -1.19. The van der Waals surface area contributed by atoms with E-state index in [0.29, 0.717) is 6.04 Å². The number of hydrogen-bond acceptors (Lipinski definition) is 3. The number of nitrogens with one attached hydrogen (secondary N) is 1. The first-order valence-electron chi connectivity index (χ1n) is 7.86. The summed E-state index contributed by atoms with van der Waals surface area (Å²) >= 11 is 1.80. The van der Waals surface area contributed by atoms with Crippen LogP contribution < -0.4 is 5.32 Å². The van der Waals surface area contributed by atoms with Crippen LogP contribution in [0.15, 0.2) is 35.7 Å². The number of aromatic nitrogens is 1. The van der Waals surface area contributed by atoms with E-state index in [1.165, 1.54) is 10.6 Å². The van der Waals surface area contributed by atoms with Crippen LogP contribution in [0, 0.1) is 0 Å². The van der Waals surface area contributed by atoms with E-state index in [0.717, 1.165) is 25.1 Å². The lowest BCUT2D eigenvalue weighted by atomic mass is 9.76. The number of benzene rings is 1. The van der Waals surface area contributed by atoms with Crippen molar-refractivity contribution < 1.29 is 0 Å². The van der Waals surface area contributed by atoms with E-state index in [4.69, 9.17) is 4.98 Å². The molecule has 1 aromatic carbocycles. The third-order valence-electron chi connectivity index (χ3n) is 4.19. The van der Waals surface area contributed by atoms with Gasteiger partial charge in [-0.15, -0.1) is 11.3 Å².